The fraction of sp³-hybridized carbons (Fsp3) is 0.350. The number of para-hydroxylation sites is 1. The van der Waals surface area contributed by atoms with E-state index in [1.54, 1.807) is 18.7 Å². The van der Waals surface area contributed by atoms with Crippen molar-refractivity contribution in [2.45, 2.75) is 40.9 Å². The number of sulfonamides is 1. The second-order valence-corrected chi connectivity index (χ2v) is 10.6. The third-order valence-corrected chi connectivity index (χ3v) is 8.65. The number of fused-ring (bicyclic) bond motifs is 2. The highest BCUT2D eigenvalue weighted by Gasteiger charge is 2.35. The Morgan fingerprint density at radius 1 is 1.24 bits per heavy atom. The first-order valence-electron chi connectivity index (χ1n) is 9.47. The molecule has 1 saturated heterocycles. The van der Waals surface area contributed by atoms with E-state index in [4.69, 9.17) is 10.5 Å². The van der Waals surface area contributed by atoms with Crippen molar-refractivity contribution < 1.29 is 17.9 Å². The molecular weight excluding hydrogens is 410 g/mol. The predicted octanol–water partition coefficient (Wildman–Crippen LogP) is 3.85. The van der Waals surface area contributed by atoms with E-state index in [0.717, 1.165) is 21.2 Å². The molecule has 0 aliphatic carbocycles. The van der Waals surface area contributed by atoms with Gasteiger partial charge in [0.25, 0.3) is 0 Å². The third-order valence-electron chi connectivity index (χ3n) is 5.28. The quantitative estimate of drug-likeness (QED) is 0.648. The molecule has 7 nitrogen and oxygen atoms in total. The highest BCUT2D eigenvalue weighted by Crippen LogP contribution is 2.45. The van der Waals surface area contributed by atoms with Crippen LogP contribution in [0.25, 0.3) is 0 Å². The largest absolute Gasteiger partial charge is 0.445 e. The summed E-state index contributed by atoms with van der Waals surface area (Å²) in [6.07, 6.45) is -0.131. The molecule has 0 saturated carbocycles. The van der Waals surface area contributed by atoms with Gasteiger partial charge in [0.15, 0.2) is 0 Å². The highest BCUT2D eigenvalue weighted by atomic mass is 32.2. The van der Waals surface area contributed by atoms with E-state index in [0.29, 0.717) is 24.9 Å². The van der Waals surface area contributed by atoms with Crippen molar-refractivity contribution in [2.75, 3.05) is 18.4 Å². The van der Waals surface area contributed by atoms with E-state index < -0.39 is 27.5 Å². The van der Waals surface area contributed by atoms with Crippen molar-refractivity contribution >= 4 is 39.3 Å². The van der Waals surface area contributed by atoms with Crippen molar-refractivity contribution in [2.24, 2.45) is 5.73 Å². The van der Waals surface area contributed by atoms with Crippen LogP contribution in [0, 0.1) is 0 Å². The van der Waals surface area contributed by atoms with Crippen LogP contribution in [0.3, 0.4) is 0 Å². The Labute approximate surface area is 174 Å². The van der Waals surface area contributed by atoms with Crippen LogP contribution in [0.5, 0.6) is 0 Å². The number of hydrogen-bond acceptors (Lipinski definition) is 6. The van der Waals surface area contributed by atoms with E-state index in [2.05, 4.69) is 11.4 Å². The Morgan fingerprint density at radius 2 is 2.00 bits per heavy atom. The molecule has 4 rings (SSSR count). The van der Waals surface area contributed by atoms with E-state index in [1.807, 2.05) is 36.4 Å². The number of nitrogens with two attached hydrogens (primary N) is 1. The fourth-order valence-corrected chi connectivity index (χ4v) is 6.37. The zero-order valence-corrected chi connectivity index (χ0v) is 17.6. The van der Waals surface area contributed by atoms with Crippen LogP contribution < -0.4 is 11.1 Å². The van der Waals surface area contributed by atoms with Crippen LogP contribution in [0.1, 0.15) is 30.6 Å². The smallest absolute Gasteiger partial charge is 0.404 e. The lowest BCUT2D eigenvalue weighted by molar-refractivity contribution is 0.0708. The van der Waals surface area contributed by atoms with Gasteiger partial charge in [-0.15, -0.1) is 0 Å². The molecule has 0 bridgehead atoms. The summed E-state index contributed by atoms with van der Waals surface area (Å²) < 4.78 is 32.9. The van der Waals surface area contributed by atoms with E-state index in [9.17, 15) is 13.2 Å². The molecular formula is C20H23N3O4S2. The molecule has 0 aromatic heterocycles. The van der Waals surface area contributed by atoms with Crippen LogP contribution in [0.15, 0.2) is 52.3 Å². The maximum Gasteiger partial charge on any atom is 0.404 e. The number of carbonyl (C=O) groups excluding carboxylic acids is 1. The highest BCUT2D eigenvalue weighted by molar-refractivity contribution is 7.99. The van der Waals surface area contributed by atoms with Crippen molar-refractivity contribution in [1.82, 2.24) is 4.31 Å². The number of nitrogens with one attached hydrogen (secondary N) is 1. The minimum absolute atomic E-state index is 0.141. The number of piperidine rings is 1. The topological polar surface area (TPSA) is 102 Å². The Kier molecular flexibility index (Phi) is 5.46. The number of ether oxygens (including phenoxy) is 1. The molecule has 3 N–H and O–H groups in total. The molecule has 154 valence electrons. The van der Waals surface area contributed by atoms with Crippen LogP contribution in [-0.4, -0.2) is 38.0 Å². The summed E-state index contributed by atoms with van der Waals surface area (Å²) in [5, 5.41) is 2.68. The Morgan fingerprint density at radius 3 is 2.79 bits per heavy atom. The molecule has 0 radical (unpaired) electrons. The van der Waals surface area contributed by atoms with Gasteiger partial charge < -0.3 is 15.8 Å². The molecule has 2 atom stereocenters. The summed E-state index contributed by atoms with van der Waals surface area (Å²) in [7, 11) is -3.60. The standard InChI is InChI=1S/C20H23N3O4S2/c1-13(29(25,26)23-10-4-5-15(12-23)27-20(21)24)14-8-9-19-17(11-14)22-16-6-2-3-7-18(16)28-19/h2-3,6-9,11,13,15,22H,4-5,10,12H2,1H3,(H2,21,24)/t13?,15-/m0/s1. The van der Waals surface area contributed by atoms with Crippen LogP contribution in [0.4, 0.5) is 16.2 Å². The number of anilines is 2. The molecule has 2 aliphatic heterocycles. The Bertz CT molecular complexity index is 1040. The maximum absolute atomic E-state index is 13.2. The van der Waals surface area contributed by atoms with Gasteiger partial charge in [0.2, 0.25) is 10.0 Å². The SMILES string of the molecule is CC(c1ccc2c(c1)Nc1ccccc1S2)S(=O)(=O)N1CCC[C@H](OC(N)=O)C1. The Balaban J connectivity index is 1.55. The third kappa shape index (κ3) is 4.08. The van der Waals surface area contributed by atoms with Gasteiger partial charge in [-0.3, -0.25) is 0 Å². The van der Waals surface area contributed by atoms with Gasteiger partial charge in [-0.1, -0.05) is 30.0 Å². The number of rotatable bonds is 4. The molecule has 1 unspecified atom stereocenters. The zero-order valence-electron chi connectivity index (χ0n) is 16.0. The zero-order chi connectivity index (χ0) is 20.6. The monoisotopic (exact) mass is 433 g/mol. The molecule has 1 fully saturated rings. The van der Waals surface area contributed by atoms with Gasteiger partial charge in [0, 0.05) is 16.3 Å². The summed E-state index contributed by atoms with van der Waals surface area (Å²) >= 11 is 1.66. The first-order chi connectivity index (χ1) is 13.8. The molecule has 2 aromatic carbocycles. The lowest BCUT2D eigenvalue weighted by Gasteiger charge is -2.33. The van der Waals surface area contributed by atoms with Crippen LogP contribution in [-0.2, 0) is 14.8 Å². The molecule has 2 heterocycles. The summed E-state index contributed by atoms with van der Waals surface area (Å²) in [6, 6.07) is 13.7. The molecule has 29 heavy (non-hydrogen) atoms. The second kappa shape index (κ2) is 7.89. The first kappa shape index (κ1) is 20.1. The number of amides is 1. The van der Waals surface area contributed by atoms with Crippen LogP contribution >= 0.6 is 11.8 Å². The van der Waals surface area contributed by atoms with E-state index in [1.165, 1.54) is 4.31 Å². The number of hydrogen-bond donors (Lipinski definition) is 2. The van der Waals surface area contributed by atoms with E-state index >= 15 is 0 Å². The van der Waals surface area contributed by atoms with E-state index in [-0.39, 0.29) is 6.54 Å². The summed E-state index contributed by atoms with van der Waals surface area (Å²) in [4.78, 5) is 13.2. The molecule has 2 aliphatic rings. The lowest BCUT2D eigenvalue weighted by Crippen LogP contribution is -2.45. The minimum atomic E-state index is -3.60. The molecule has 2 aromatic rings. The van der Waals surface area contributed by atoms with Gasteiger partial charge in [-0.05, 0) is 49.6 Å². The predicted molar refractivity (Wildman–Crippen MR) is 113 cm³/mol. The average Bonchev–Trinajstić information content (AvgIpc) is 2.71. The van der Waals surface area contributed by atoms with Gasteiger partial charge in [0.1, 0.15) is 6.10 Å². The summed E-state index contributed by atoms with van der Waals surface area (Å²) in [5.41, 5.74) is 7.72. The minimum Gasteiger partial charge on any atom is -0.445 e. The van der Waals surface area contributed by atoms with Crippen molar-refractivity contribution in [3.63, 3.8) is 0 Å². The van der Waals surface area contributed by atoms with Gasteiger partial charge >= 0.3 is 6.09 Å². The van der Waals surface area contributed by atoms with Gasteiger partial charge in [0.05, 0.1) is 23.2 Å². The fourth-order valence-electron chi connectivity index (χ4n) is 3.70. The normalized spacial score (nSPS) is 20.1. The lowest BCUT2D eigenvalue weighted by atomic mass is 10.1. The maximum atomic E-state index is 13.2. The number of primary amides is 1. The summed E-state index contributed by atoms with van der Waals surface area (Å²) in [5.74, 6) is 0. The number of benzene rings is 2. The number of carbonyl (C=O) groups is 1. The van der Waals surface area contributed by atoms with Crippen LogP contribution in [0.2, 0.25) is 0 Å². The average molecular weight is 434 g/mol. The molecule has 9 heteroatoms. The van der Waals surface area contributed by atoms with Gasteiger partial charge in [-0.2, -0.15) is 4.31 Å². The van der Waals surface area contributed by atoms with Crippen molar-refractivity contribution in [1.29, 1.82) is 0 Å². The first-order valence-corrected chi connectivity index (χ1v) is 11.8. The summed E-state index contributed by atoms with van der Waals surface area (Å²) in [6.45, 7) is 2.25. The molecule has 1 amide bonds. The second-order valence-electron chi connectivity index (χ2n) is 7.23. The Hall–Kier alpha value is -2.23. The molecule has 0 spiro atoms. The van der Waals surface area contributed by atoms with Crippen molar-refractivity contribution in [3.05, 3.63) is 48.0 Å². The number of nitrogens with zero attached hydrogens (tertiary/aromatic N) is 1. The van der Waals surface area contributed by atoms with Crippen molar-refractivity contribution in [3.8, 4) is 0 Å². The van der Waals surface area contributed by atoms with Gasteiger partial charge in [-0.25, -0.2) is 13.2 Å².